The van der Waals surface area contributed by atoms with E-state index in [0.717, 1.165) is 5.02 Å². The fourth-order valence-electron chi connectivity index (χ4n) is 3.77. The third-order valence-corrected chi connectivity index (χ3v) is 5.14. The molecule has 0 amide bonds. The maximum atomic E-state index is 6.19. The fourth-order valence-corrected chi connectivity index (χ4v) is 3.95. The molecule has 118 valence electrons. The second kappa shape index (κ2) is 5.61. The first kappa shape index (κ1) is 14.5. The van der Waals surface area contributed by atoms with Gasteiger partial charge in [0, 0.05) is 5.02 Å². The van der Waals surface area contributed by atoms with Gasteiger partial charge in [0.1, 0.15) is 0 Å². The summed E-state index contributed by atoms with van der Waals surface area (Å²) in [5.74, 6) is 0. The van der Waals surface area contributed by atoms with Crippen molar-refractivity contribution in [1.29, 1.82) is 0 Å². The van der Waals surface area contributed by atoms with E-state index in [1.807, 2.05) is 12.1 Å². The van der Waals surface area contributed by atoms with Crippen molar-refractivity contribution < 1.29 is 0 Å². The maximum Gasteiger partial charge on any atom is 0.0412 e. The Hall–Kier alpha value is -2.83. The molecular weight excluding hydrogens is 324 g/mol. The molecular formula is C24H15Cl. The zero-order chi connectivity index (χ0) is 16.8. The molecule has 0 radical (unpaired) electrons. The van der Waals surface area contributed by atoms with Crippen molar-refractivity contribution in [2.24, 2.45) is 0 Å². The number of fused-ring (bicyclic) bond motifs is 4. The Morgan fingerprint density at radius 3 is 2.00 bits per heavy atom. The van der Waals surface area contributed by atoms with Crippen LogP contribution in [0.5, 0.6) is 0 Å². The highest BCUT2D eigenvalue weighted by Crippen LogP contribution is 2.38. The van der Waals surface area contributed by atoms with Crippen LogP contribution in [0.15, 0.2) is 91.0 Å². The molecule has 0 unspecified atom stereocenters. The molecule has 5 rings (SSSR count). The molecule has 5 aromatic carbocycles. The van der Waals surface area contributed by atoms with E-state index in [1.165, 1.54) is 43.4 Å². The summed E-state index contributed by atoms with van der Waals surface area (Å²) in [6, 6.07) is 32.1. The van der Waals surface area contributed by atoms with Crippen LogP contribution in [0.2, 0.25) is 5.02 Å². The number of hydrogen-bond donors (Lipinski definition) is 0. The minimum atomic E-state index is 0.771. The van der Waals surface area contributed by atoms with Gasteiger partial charge >= 0.3 is 0 Å². The van der Waals surface area contributed by atoms with Crippen LogP contribution in [0.1, 0.15) is 0 Å². The second-order valence-corrected chi connectivity index (χ2v) is 6.80. The summed E-state index contributed by atoms with van der Waals surface area (Å²) in [4.78, 5) is 0. The standard InChI is InChI=1S/C24H15Cl/c25-18-12-13-20-16(14-18)7-5-11-22(20)24-15-17-6-1-2-8-19(17)21-9-3-4-10-23(21)24/h1-15H. The van der Waals surface area contributed by atoms with Crippen LogP contribution in [0.25, 0.3) is 43.4 Å². The molecule has 0 aliphatic rings. The normalized spacial score (nSPS) is 11.4. The van der Waals surface area contributed by atoms with Crippen molar-refractivity contribution in [3.05, 3.63) is 96.0 Å². The summed E-state index contributed by atoms with van der Waals surface area (Å²) in [6.45, 7) is 0. The first-order chi connectivity index (χ1) is 12.3. The number of rotatable bonds is 1. The van der Waals surface area contributed by atoms with E-state index < -0.39 is 0 Å². The molecule has 0 spiro atoms. The Morgan fingerprint density at radius 1 is 0.440 bits per heavy atom. The topological polar surface area (TPSA) is 0 Å². The van der Waals surface area contributed by atoms with Crippen LogP contribution in [0.4, 0.5) is 0 Å². The van der Waals surface area contributed by atoms with Gasteiger partial charge in [-0.15, -0.1) is 0 Å². The minimum Gasteiger partial charge on any atom is -0.0843 e. The minimum absolute atomic E-state index is 0.771. The third kappa shape index (κ3) is 2.30. The fraction of sp³-hybridized carbons (Fsp3) is 0. The first-order valence-electron chi connectivity index (χ1n) is 8.40. The van der Waals surface area contributed by atoms with Crippen LogP contribution in [0.3, 0.4) is 0 Å². The molecule has 0 saturated heterocycles. The highest BCUT2D eigenvalue weighted by Gasteiger charge is 2.10. The predicted octanol–water partition coefficient (Wildman–Crippen LogP) is 7.47. The molecule has 0 aliphatic heterocycles. The lowest BCUT2D eigenvalue weighted by molar-refractivity contribution is 1.70. The van der Waals surface area contributed by atoms with E-state index in [1.54, 1.807) is 0 Å². The monoisotopic (exact) mass is 338 g/mol. The average Bonchev–Trinajstić information content (AvgIpc) is 2.66. The Bertz CT molecular complexity index is 1250. The van der Waals surface area contributed by atoms with Crippen molar-refractivity contribution in [2.75, 3.05) is 0 Å². The van der Waals surface area contributed by atoms with Crippen molar-refractivity contribution in [2.45, 2.75) is 0 Å². The van der Waals surface area contributed by atoms with E-state index in [9.17, 15) is 0 Å². The molecule has 0 bridgehead atoms. The van der Waals surface area contributed by atoms with Gasteiger partial charge in [-0.05, 0) is 61.6 Å². The van der Waals surface area contributed by atoms with Gasteiger partial charge in [0.2, 0.25) is 0 Å². The summed E-state index contributed by atoms with van der Waals surface area (Å²) in [5, 5.41) is 8.31. The summed E-state index contributed by atoms with van der Waals surface area (Å²) in [6.07, 6.45) is 0. The number of hydrogen-bond acceptors (Lipinski definition) is 0. The van der Waals surface area contributed by atoms with Crippen molar-refractivity contribution >= 4 is 43.9 Å². The Labute approximate surface area is 151 Å². The molecule has 0 aliphatic carbocycles. The summed E-state index contributed by atoms with van der Waals surface area (Å²) < 4.78 is 0. The molecule has 0 saturated carbocycles. The van der Waals surface area contributed by atoms with Crippen LogP contribution in [0, 0.1) is 0 Å². The van der Waals surface area contributed by atoms with Crippen LogP contribution < -0.4 is 0 Å². The van der Waals surface area contributed by atoms with Gasteiger partial charge in [0.25, 0.3) is 0 Å². The van der Waals surface area contributed by atoms with E-state index >= 15 is 0 Å². The lowest BCUT2D eigenvalue weighted by Gasteiger charge is -2.13. The molecule has 1 heteroatoms. The Balaban J connectivity index is 1.95. The lowest BCUT2D eigenvalue weighted by Crippen LogP contribution is -1.86. The third-order valence-electron chi connectivity index (χ3n) is 4.90. The van der Waals surface area contributed by atoms with Gasteiger partial charge in [-0.25, -0.2) is 0 Å². The van der Waals surface area contributed by atoms with E-state index in [-0.39, 0.29) is 0 Å². The van der Waals surface area contributed by atoms with Gasteiger partial charge in [-0.3, -0.25) is 0 Å². The molecule has 0 atom stereocenters. The van der Waals surface area contributed by atoms with Crippen molar-refractivity contribution in [3.8, 4) is 11.1 Å². The van der Waals surface area contributed by atoms with Gasteiger partial charge in [-0.2, -0.15) is 0 Å². The highest BCUT2D eigenvalue weighted by atomic mass is 35.5. The smallest absolute Gasteiger partial charge is 0.0412 e. The van der Waals surface area contributed by atoms with Gasteiger partial charge in [-0.1, -0.05) is 84.4 Å². The first-order valence-corrected chi connectivity index (χ1v) is 8.78. The molecule has 0 aromatic heterocycles. The highest BCUT2D eigenvalue weighted by molar-refractivity contribution is 6.31. The SMILES string of the molecule is Clc1ccc2c(-c3cc4ccccc4c4ccccc34)cccc2c1. The molecule has 0 nitrogen and oxygen atoms in total. The van der Waals surface area contributed by atoms with E-state index in [4.69, 9.17) is 11.6 Å². The lowest BCUT2D eigenvalue weighted by atomic mass is 9.91. The summed E-state index contributed by atoms with van der Waals surface area (Å²) >= 11 is 6.19. The average molecular weight is 339 g/mol. The Kier molecular flexibility index (Phi) is 3.26. The molecule has 25 heavy (non-hydrogen) atoms. The molecule has 0 N–H and O–H groups in total. The predicted molar refractivity (Wildman–Crippen MR) is 109 cm³/mol. The number of benzene rings is 5. The molecule has 0 heterocycles. The maximum absolute atomic E-state index is 6.19. The zero-order valence-electron chi connectivity index (χ0n) is 13.5. The molecule has 5 aromatic rings. The van der Waals surface area contributed by atoms with Gasteiger partial charge < -0.3 is 0 Å². The summed E-state index contributed by atoms with van der Waals surface area (Å²) in [5.41, 5.74) is 2.51. The number of halogens is 1. The Morgan fingerprint density at radius 2 is 1.12 bits per heavy atom. The van der Waals surface area contributed by atoms with Crippen LogP contribution in [-0.4, -0.2) is 0 Å². The van der Waals surface area contributed by atoms with Crippen LogP contribution in [-0.2, 0) is 0 Å². The quantitative estimate of drug-likeness (QED) is 0.278. The van der Waals surface area contributed by atoms with Gasteiger partial charge in [0.15, 0.2) is 0 Å². The van der Waals surface area contributed by atoms with Crippen molar-refractivity contribution in [1.82, 2.24) is 0 Å². The van der Waals surface area contributed by atoms with E-state index in [0.29, 0.717) is 0 Å². The van der Waals surface area contributed by atoms with Crippen LogP contribution >= 0.6 is 11.6 Å². The zero-order valence-corrected chi connectivity index (χ0v) is 14.3. The van der Waals surface area contributed by atoms with Gasteiger partial charge in [0.05, 0.1) is 0 Å². The molecule has 0 fully saturated rings. The van der Waals surface area contributed by atoms with E-state index in [2.05, 4.69) is 78.9 Å². The summed E-state index contributed by atoms with van der Waals surface area (Å²) in [7, 11) is 0. The van der Waals surface area contributed by atoms with Crippen molar-refractivity contribution in [3.63, 3.8) is 0 Å². The second-order valence-electron chi connectivity index (χ2n) is 6.36. The largest absolute Gasteiger partial charge is 0.0843 e.